The molecule has 9 nitrogen and oxygen atoms in total. The molecule has 1 N–H and O–H groups in total. The summed E-state index contributed by atoms with van der Waals surface area (Å²) in [5.41, 5.74) is 0.362. The molecule has 3 aliphatic rings. The number of amides is 1. The van der Waals surface area contributed by atoms with E-state index in [4.69, 9.17) is 16.3 Å². The van der Waals surface area contributed by atoms with E-state index in [1.165, 1.54) is 38.3 Å². The van der Waals surface area contributed by atoms with Crippen LogP contribution < -0.4 is 9.64 Å². The van der Waals surface area contributed by atoms with E-state index in [-0.39, 0.29) is 34.9 Å². The summed E-state index contributed by atoms with van der Waals surface area (Å²) >= 11 is 6.45. The number of phenols is 1. The van der Waals surface area contributed by atoms with E-state index in [1.807, 2.05) is 11.9 Å². The number of alkyl halides is 1. The first-order chi connectivity index (χ1) is 21.7. The molecule has 3 fully saturated rings. The first-order valence-electron chi connectivity index (χ1n) is 15.0. The number of anilines is 1. The molecular formula is C33H35ClF2N6O3. The first-order valence-corrected chi connectivity index (χ1v) is 15.4. The van der Waals surface area contributed by atoms with Gasteiger partial charge < -0.3 is 19.6 Å². The third-order valence-electron chi connectivity index (χ3n) is 8.98. The number of carbonyl (C=O) groups excluding carboxylic acids is 1. The Morgan fingerprint density at radius 1 is 1.22 bits per heavy atom. The molecule has 236 valence electrons. The number of hydrogen-bond acceptors (Lipinski definition) is 8. The van der Waals surface area contributed by atoms with Gasteiger partial charge >= 0.3 is 6.01 Å². The predicted octanol–water partition coefficient (Wildman–Crippen LogP) is 5.77. The van der Waals surface area contributed by atoms with E-state index < -0.39 is 12.0 Å². The van der Waals surface area contributed by atoms with Crippen LogP contribution in [0.15, 0.2) is 49.2 Å². The van der Waals surface area contributed by atoms with Crippen LogP contribution in [0.2, 0.25) is 5.02 Å². The number of aromatic hydroxyl groups is 1. The van der Waals surface area contributed by atoms with Gasteiger partial charge in [0, 0.05) is 60.9 Å². The molecule has 3 atom stereocenters. The summed E-state index contributed by atoms with van der Waals surface area (Å²) in [5, 5.41) is 12.3. The highest BCUT2D eigenvalue weighted by Crippen LogP contribution is 2.39. The molecule has 7 rings (SSSR count). The molecule has 0 spiro atoms. The van der Waals surface area contributed by atoms with Crippen molar-refractivity contribution < 1.29 is 23.4 Å². The van der Waals surface area contributed by atoms with Gasteiger partial charge in [-0.15, -0.1) is 0 Å². The van der Waals surface area contributed by atoms with Crippen LogP contribution >= 0.6 is 11.6 Å². The lowest BCUT2D eigenvalue weighted by Gasteiger charge is -2.27. The summed E-state index contributed by atoms with van der Waals surface area (Å²) in [6.07, 6.45) is 6.33. The van der Waals surface area contributed by atoms with E-state index in [0.717, 1.165) is 13.0 Å². The van der Waals surface area contributed by atoms with Crippen LogP contribution in [0.4, 0.5) is 14.6 Å². The largest absolute Gasteiger partial charge is 0.508 e. The molecule has 45 heavy (non-hydrogen) atoms. The molecule has 3 unspecified atom stereocenters. The molecular weight excluding hydrogens is 602 g/mol. The maximum atomic E-state index is 16.1. The van der Waals surface area contributed by atoms with E-state index in [9.17, 15) is 14.3 Å². The Balaban J connectivity index is 0.000000337. The Hall–Kier alpha value is -4.09. The van der Waals surface area contributed by atoms with Crippen LogP contribution in [0, 0.1) is 5.82 Å². The third kappa shape index (κ3) is 5.98. The Morgan fingerprint density at radius 3 is 2.80 bits per heavy atom. The standard InChI is InChI=1S/C26H23ClFN5O3.C7H12FN/c1-4-20(35)33-9-8-15(13-33)32(2)25-18-12-29-23(22(28)24(18)30-26(31-25)36-3)17-11-16(34)10-14-6-5-7-19(27)21(14)17;8-6-4-7-2-1-3-9(7)5-6/h4-7,10-12,15,34H,1,8-9,13H2,2-3H3;6-7H,1-5H2. The normalized spacial score (nSPS) is 21.1. The molecule has 3 saturated heterocycles. The number of aromatic nitrogens is 3. The number of carbonyl (C=O) groups is 1. The highest BCUT2D eigenvalue weighted by molar-refractivity contribution is 6.36. The van der Waals surface area contributed by atoms with Gasteiger partial charge in [-0.25, -0.2) is 8.78 Å². The number of nitrogens with zero attached hydrogens (tertiary/aromatic N) is 6. The number of likely N-dealkylation sites (tertiary alicyclic amines) is 1. The van der Waals surface area contributed by atoms with Crippen molar-refractivity contribution in [2.75, 3.05) is 45.2 Å². The smallest absolute Gasteiger partial charge is 0.318 e. The molecule has 4 aromatic rings. The number of benzene rings is 2. The summed E-state index contributed by atoms with van der Waals surface area (Å²) in [6.45, 7) is 6.48. The molecule has 12 heteroatoms. The maximum absolute atomic E-state index is 16.1. The third-order valence-corrected chi connectivity index (χ3v) is 9.30. The molecule has 0 bridgehead atoms. The van der Waals surface area contributed by atoms with E-state index >= 15 is 4.39 Å². The second-order valence-corrected chi connectivity index (χ2v) is 12.1. The summed E-state index contributed by atoms with van der Waals surface area (Å²) in [5.74, 6) is -0.428. The number of hydrogen-bond donors (Lipinski definition) is 1. The molecule has 2 aromatic heterocycles. The monoisotopic (exact) mass is 636 g/mol. The van der Waals surface area contributed by atoms with E-state index in [0.29, 0.717) is 64.7 Å². The fourth-order valence-corrected chi connectivity index (χ4v) is 6.99. The Kier molecular flexibility index (Phi) is 8.74. The molecule has 1 amide bonds. The topological polar surface area (TPSA) is 94.9 Å². The molecule has 0 saturated carbocycles. The fourth-order valence-electron chi connectivity index (χ4n) is 6.71. The summed E-state index contributed by atoms with van der Waals surface area (Å²) in [4.78, 5) is 31.1. The van der Waals surface area contributed by atoms with Crippen molar-refractivity contribution in [1.29, 1.82) is 0 Å². The van der Waals surface area contributed by atoms with Crippen molar-refractivity contribution in [2.24, 2.45) is 0 Å². The zero-order valence-corrected chi connectivity index (χ0v) is 26.0. The summed E-state index contributed by atoms with van der Waals surface area (Å²) in [7, 11) is 3.25. The van der Waals surface area contributed by atoms with Crippen LogP contribution in [-0.4, -0.2) is 94.4 Å². The van der Waals surface area contributed by atoms with Crippen molar-refractivity contribution in [2.45, 2.75) is 43.9 Å². The summed E-state index contributed by atoms with van der Waals surface area (Å²) in [6, 6.07) is 8.78. The molecule has 3 aliphatic heterocycles. The second kappa shape index (κ2) is 12.7. The fraction of sp³-hybridized carbons (Fsp3) is 0.394. The average molecular weight is 637 g/mol. The minimum Gasteiger partial charge on any atom is -0.508 e. The van der Waals surface area contributed by atoms with Gasteiger partial charge in [0.2, 0.25) is 5.91 Å². The second-order valence-electron chi connectivity index (χ2n) is 11.7. The van der Waals surface area contributed by atoms with Crippen LogP contribution in [0.25, 0.3) is 32.9 Å². The lowest BCUT2D eigenvalue weighted by atomic mass is 10.00. The molecule has 0 aliphatic carbocycles. The number of halogens is 3. The van der Waals surface area contributed by atoms with Gasteiger partial charge in [-0.1, -0.05) is 30.3 Å². The minimum absolute atomic E-state index is 0.00350. The zero-order chi connectivity index (χ0) is 31.8. The number of ether oxygens (including phenoxy) is 1. The van der Waals surface area contributed by atoms with Crippen molar-refractivity contribution in [3.8, 4) is 23.0 Å². The van der Waals surface area contributed by atoms with Gasteiger partial charge in [-0.05, 0) is 61.9 Å². The molecule has 5 heterocycles. The van der Waals surface area contributed by atoms with Gasteiger partial charge in [-0.2, -0.15) is 9.97 Å². The Bertz CT molecular complexity index is 1760. The van der Waals surface area contributed by atoms with Gasteiger partial charge in [-0.3, -0.25) is 14.7 Å². The van der Waals surface area contributed by atoms with Crippen LogP contribution in [0.1, 0.15) is 25.7 Å². The number of pyridine rings is 1. The molecule has 2 aromatic carbocycles. The van der Waals surface area contributed by atoms with Gasteiger partial charge in [0.15, 0.2) is 5.82 Å². The maximum Gasteiger partial charge on any atom is 0.318 e. The first kappa shape index (κ1) is 30.9. The number of rotatable bonds is 5. The average Bonchev–Trinajstić information content (AvgIpc) is 3.77. The lowest BCUT2D eigenvalue weighted by molar-refractivity contribution is -0.125. The van der Waals surface area contributed by atoms with Crippen LogP contribution in [0.3, 0.4) is 0 Å². The number of methoxy groups -OCH3 is 1. The van der Waals surface area contributed by atoms with E-state index in [1.54, 1.807) is 29.2 Å². The zero-order valence-electron chi connectivity index (χ0n) is 25.2. The number of likely N-dealkylation sites (N-methyl/N-ethyl adjacent to an activating group) is 1. The van der Waals surface area contributed by atoms with Crippen molar-refractivity contribution in [3.63, 3.8) is 0 Å². The Labute approximate surface area is 265 Å². The highest BCUT2D eigenvalue weighted by atomic mass is 35.5. The van der Waals surface area contributed by atoms with Crippen LogP contribution in [0.5, 0.6) is 11.8 Å². The Morgan fingerprint density at radius 2 is 2.04 bits per heavy atom. The van der Waals surface area contributed by atoms with Gasteiger partial charge in [0.1, 0.15) is 28.9 Å². The van der Waals surface area contributed by atoms with E-state index in [2.05, 4.69) is 26.4 Å². The van der Waals surface area contributed by atoms with Crippen molar-refractivity contribution >= 4 is 45.0 Å². The van der Waals surface area contributed by atoms with Crippen LogP contribution in [-0.2, 0) is 4.79 Å². The lowest BCUT2D eigenvalue weighted by Crippen LogP contribution is -2.36. The number of phenolic OH excluding ortho intramolecular Hbond substituents is 1. The summed E-state index contributed by atoms with van der Waals surface area (Å²) < 4.78 is 34.0. The van der Waals surface area contributed by atoms with Gasteiger partial charge in [0.25, 0.3) is 0 Å². The van der Waals surface area contributed by atoms with Crippen molar-refractivity contribution in [3.05, 3.63) is 60.0 Å². The highest BCUT2D eigenvalue weighted by Gasteiger charge is 2.35. The quantitative estimate of drug-likeness (QED) is 0.276. The predicted molar refractivity (Wildman–Crippen MR) is 171 cm³/mol. The van der Waals surface area contributed by atoms with Crippen molar-refractivity contribution in [1.82, 2.24) is 24.8 Å². The SMILES string of the molecule is C=CC(=O)N1CCC(N(C)c2nc(OC)nc3c(F)c(-c4cc(O)cc5cccc(Cl)c45)ncc23)C1.FC1CC2CCCN2C1. The number of fused-ring (bicyclic) bond motifs is 3. The van der Waals surface area contributed by atoms with Gasteiger partial charge in [0.05, 0.1) is 12.5 Å². The molecule has 0 radical (unpaired) electrons. The minimum atomic E-state index is -0.690.